The second-order valence-electron chi connectivity index (χ2n) is 14.1. The fourth-order valence-corrected chi connectivity index (χ4v) is 9.60. The molecule has 50 heavy (non-hydrogen) atoms. The smallest absolute Gasteiger partial charge is 0.132 e. The van der Waals surface area contributed by atoms with E-state index in [0.29, 0.717) is 0 Å². The molecule has 1 aliphatic heterocycles. The number of fused-ring (bicyclic) bond motifs is 14. The first kappa shape index (κ1) is 27.7. The summed E-state index contributed by atoms with van der Waals surface area (Å²) in [6, 6.07) is 64.9. The van der Waals surface area contributed by atoms with Crippen LogP contribution < -0.4 is 4.74 Å². The lowest BCUT2D eigenvalue weighted by atomic mass is 9.65. The fraction of sp³-hybridized carbons (Fsp3) is 0.0612. The number of hydrogen-bond acceptors (Lipinski definition) is 1. The van der Waals surface area contributed by atoms with Gasteiger partial charge >= 0.3 is 0 Å². The van der Waals surface area contributed by atoms with E-state index in [-0.39, 0.29) is 5.41 Å². The van der Waals surface area contributed by atoms with Crippen LogP contribution in [-0.2, 0) is 10.8 Å². The van der Waals surface area contributed by atoms with Gasteiger partial charge in [-0.2, -0.15) is 0 Å². The highest BCUT2D eigenvalue weighted by atomic mass is 16.5. The zero-order chi connectivity index (χ0) is 33.0. The molecule has 1 spiro atoms. The molecule has 11 rings (SSSR count). The lowest BCUT2D eigenvalue weighted by Crippen LogP contribution is -2.32. The van der Waals surface area contributed by atoms with Gasteiger partial charge in [0.25, 0.3) is 0 Å². The predicted octanol–water partition coefficient (Wildman–Crippen LogP) is 12.3. The van der Waals surface area contributed by atoms with Crippen LogP contribution in [0.2, 0.25) is 0 Å². The Morgan fingerprint density at radius 2 is 1.00 bits per heavy atom. The standard InChI is InChI=1S/C49H32O/c1-48(34-14-3-2-4-15-34)42-27-24-31-13-5-6-16-35(31)47(42)38-26-23-32(29-43(38)48)33-25-28-46-44(30-33)49(41-21-11-12-22-45(41)50-46)39-19-9-7-17-36(39)37-18-8-10-20-40(37)49/h2-30H,1H3. The van der Waals surface area contributed by atoms with Crippen molar-refractivity contribution in [3.63, 3.8) is 0 Å². The zero-order valence-corrected chi connectivity index (χ0v) is 27.7. The quantitative estimate of drug-likeness (QED) is 0.183. The maximum absolute atomic E-state index is 6.73. The second-order valence-corrected chi connectivity index (χ2v) is 14.1. The van der Waals surface area contributed by atoms with Gasteiger partial charge in [0.15, 0.2) is 0 Å². The molecule has 3 aliphatic rings. The first-order valence-electron chi connectivity index (χ1n) is 17.5. The van der Waals surface area contributed by atoms with Crippen LogP contribution in [0, 0.1) is 0 Å². The molecule has 234 valence electrons. The molecule has 8 aromatic carbocycles. The molecule has 0 saturated carbocycles. The lowest BCUT2D eigenvalue weighted by molar-refractivity contribution is 0.436. The van der Waals surface area contributed by atoms with E-state index in [4.69, 9.17) is 4.74 Å². The van der Waals surface area contributed by atoms with Crippen LogP contribution >= 0.6 is 0 Å². The van der Waals surface area contributed by atoms with Gasteiger partial charge in [-0.15, -0.1) is 0 Å². The summed E-state index contributed by atoms with van der Waals surface area (Å²) in [5.74, 6) is 1.83. The Morgan fingerprint density at radius 1 is 0.400 bits per heavy atom. The Kier molecular flexibility index (Phi) is 5.51. The Morgan fingerprint density at radius 3 is 1.78 bits per heavy atom. The molecule has 0 saturated heterocycles. The summed E-state index contributed by atoms with van der Waals surface area (Å²) in [6.45, 7) is 2.41. The van der Waals surface area contributed by atoms with Gasteiger partial charge in [0.05, 0.1) is 5.41 Å². The monoisotopic (exact) mass is 636 g/mol. The molecule has 1 nitrogen and oxygen atoms in total. The van der Waals surface area contributed by atoms with Crippen molar-refractivity contribution < 1.29 is 4.74 Å². The average molecular weight is 637 g/mol. The lowest BCUT2D eigenvalue weighted by Gasteiger charge is -2.39. The molecule has 0 aromatic heterocycles. The van der Waals surface area contributed by atoms with E-state index >= 15 is 0 Å². The normalized spacial score (nSPS) is 16.9. The van der Waals surface area contributed by atoms with Crippen LogP contribution in [-0.4, -0.2) is 0 Å². The predicted molar refractivity (Wildman–Crippen MR) is 204 cm³/mol. The van der Waals surface area contributed by atoms with E-state index < -0.39 is 5.41 Å². The highest BCUT2D eigenvalue weighted by Crippen LogP contribution is 2.62. The van der Waals surface area contributed by atoms with Crippen molar-refractivity contribution in [1.29, 1.82) is 0 Å². The van der Waals surface area contributed by atoms with Crippen molar-refractivity contribution in [3.8, 4) is 44.9 Å². The Labute approximate surface area is 292 Å². The maximum Gasteiger partial charge on any atom is 0.132 e. The third-order valence-corrected chi connectivity index (χ3v) is 11.8. The Bertz CT molecular complexity index is 2660. The maximum atomic E-state index is 6.73. The molecular weight excluding hydrogens is 605 g/mol. The fourth-order valence-electron chi connectivity index (χ4n) is 9.60. The van der Waals surface area contributed by atoms with Crippen molar-refractivity contribution in [2.75, 3.05) is 0 Å². The minimum Gasteiger partial charge on any atom is -0.457 e. The molecule has 1 heterocycles. The van der Waals surface area contributed by atoms with E-state index in [9.17, 15) is 0 Å². The van der Waals surface area contributed by atoms with E-state index in [1.807, 2.05) is 0 Å². The van der Waals surface area contributed by atoms with Crippen molar-refractivity contribution >= 4 is 10.8 Å². The number of rotatable bonds is 2. The first-order chi connectivity index (χ1) is 24.7. The third-order valence-electron chi connectivity index (χ3n) is 11.8. The number of hydrogen-bond donors (Lipinski definition) is 0. The molecule has 8 aromatic rings. The van der Waals surface area contributed by atoms with Crippen molar-refractivity contribution in [1.82, 2.24) is 0 Å². The Hall–Kier alpha value is -6.18. The van der Waals surface area contributed by atoms with Crippen LogP contribution in [0.5, 0.6) is 11.5 Å². The highest BCUT2D eigenvalue weighted by molar-refractivity contribution is 6.03. The highest BCUT2D eigenvalue weighted by Gasteiger charge is 2.51. The molecule has 0 bridgehead atoms. The molecule has 2 aliphatic carbocycles. The largest absolute Gasteiger partial charge is 0.457 e. The van der Waals surface area contributed by atoms with Gasteiger partial charge in [-0.3, -0.25) is 0 Å². The molecule has 0 N–H and O–H groups in total. The van der Waals surface area contributed by atoms with Crippen molar-refractivity contribution in [2.45, 2.75) is 17.8 Å². The summed E-state index contributed by atoms with van der Waals surface area (Å²) < 4.78 is 6.73. The van der Waals surface area contributed by atoms with Gasteiger partial charge in [0.1, 0.15) is 11.5 Å². The topological polar surface area (TPSA) is 9.23 Å². The van der Waals surface area contributed by atoms with Gasteiger partial charge in [-0.25, -0.2) is 0 Å². The van der Waals surface area contributed by atoms with Crippen molar-refractivity contribution in [3.05, 3.63) is 215 Å². The van der Waals surface area contributed by atoms with Crippen LogP contribution in [0.3, 0.4) is 0 Å². The zero-order valence-electron chi connectivity index (χ0n) is 27.7. The van der Waals surface area contributed by atoms with Crippen LogP contribution in [0.15, 0.2) is 176 Å². The summed E-state index contributed by atoms with van der Waals surface area (Å²) in [5.41, 5.74) is 15.9. The van der Waals surface area contributed by atoms with E-state index in [0.717, 1.165) is 11.5 Å². The molecule has 0 amide bonds. The Balaban J connectivity index is 1.17. The van der Waals surface area contributed by atoms with Crippen LogP contribution in [0.25, 0.3) is 44.2 Å². The van der Waals surface area contributed by atoms with Gasteiger partial charge < -0.3 is 4.74 Å². The minimum absolute atomic E-state index is 0.299. The van der Waals surface area contributed by atoms with E-state index in [2.05, 4.69) is 183 Å². The van der Waals surface area contributed by atoms with Crippen LogP contribution in [0.1, 0.15) is 45.9 Å². The van der Waals surface area contributed by atoms with Gasteiger partial charge in [-0.1, -0.05) is 152 Å². The molecule has 1 unspecified atom stereocenters. The third kappa shape index (κ3) is 3.42. The van der Waals surface area contributed by atoms with Gasteiger partial charge in [-0.05, 0) is 103 Å². The summed E-state index contributed by atoms with van der Waals surface area (Å²) in [6.07, 6.45) is 0. The minimum atomic E-state index is -0.488. The van der Waals surface area contributed by atoms with E-state index in [1.54, 1.807) is 0 Å². The molecule has 1 atom stereocenters. The summed E-state index contributed by atoms with van der Waals surface area (Å²) in [7, 11) is 0. The molecule has 0 radical (unpaired) electrons. The SMILES string of the molecule is CC1(c2ccccc2)c2cc(-c3ccc4c(c3)C3(c5ccccc5O4)c4ccccc4-c4ccccc43)ccc2-c2c1ccc1ccccc21. The summed E-state index contributed by atoms with van der Waals surface area (Å²) in [5, 5.41) is 2.58. The number of ether oxygens (including phenoxy) is 1. The molecule has 1 heteroatoms. The van der Waals surface area contributed by atoms with Gasteiger partial charge in [0, 0.05) is 16.5 Å². The van der Waals surface area contributed by atoms with Gasteiger partial charge in [0.2, 0.25) is 0 Å². The molecule has 0 fully saturated rings. The molecular formula is C49H32O. The number of para-hydroxylation sites is 1. The second kappa shape index (κ2) is 9.94. The first-order valence-corrected chi connectivity index (χ1v) is 17.5. The van der Waals surface area contributed by atoms with Crippen molar-refractivity contribution in [2.24, 2.45) is 0 Å². The summed E-state index contributed by atoms with van der Waals surface area (Å²) in [4.78, 5) is 0. The number of benzene rings is 8. The van der Waals surface area contributed by atoms with Crippen LogP contribution in [0.4, 0.5) is 0 Å². The summed E-state index contributed by atoms with van der Waals surface area (Å²) >= 11 is 0. The van der Waals surface area contributed by atoms with E-state index in [1.165, 1.54) is 83.1 Å². The average Bonchev–Trinajstić information content (AvgIpc) is 3.63.